The van der Waals surface area contributed by atoms with Crippen LogP contribution in [0.3, 0.4) is 0 Å². The number of hydrogen-bond acceptors (Lipinski definition) is 1. The Morgan fingerprint density at radius 3 is 2.50 bits per heavy atom. The van der Waals surface area contributed by atoms with Gasteiger partial charge in [0.2, 0.25) is 0 Å². The van der Waals surface area contributed by atoms with E-state index in [2.05, 4.69) is 27.7 Å². The Labute approximate surface area is 99.6 Å². The molecule has 92 valence electrons. The summed E-state index contributed by atoms with van der Waals surface area (Å²) in [7, 11) is 0. The van der Waals surface area contributed by atoms with Crippen molar-refractivity contribution in [1.29, 1.82) is 0 Å². The van der Waals surface area contributed by atoms with E-state index in [0.29, 0.717) is 11.3 Å². The second kappa shape index (κ2) is 3.04. The van der Waals surface area contributed by atoms with Gasteiger partial charge in [-0.05, 0) is 60.2 Å². The highest BCUT2D eigenvalue weighted by Gasteiger charge is 2.66. The van der Waals surface area contributed by atoms with E-state index in [4.69, 9.17) is 0 Å². The second-order valence-corrected chi connectivity index (χ2v) is 7.67. The molecule has 16 heavy (non-hydrogen) atoms. The Kier molecular flexibility index (Phi) is 2.11. The van der Waals surface area contributed by atoms with Gasteiger partial charge in [-0.3, -0.25) is 0 Å². The average molecular weight is 222 g/mol. The van der Waals surface area contributed by atoms with Crippen molar-refractivity contribution in [3.63, 3.8) is 0 Å². The van der Waals surface area contributed by atoms with Crippen LogP contribution in [-0.2, 0) is 0 Å². The molecule has 0 aliphatic heterocycles. The van der Waals surface area contributed by atoms with Crippen LogP contribution in [0.25, 0.3) is 0 Å². The highest BCUT2D eigenvalue weighted by molar-refractivity contribution is 5.15. The maximum absolute atomic E-state index is 10.7. The molecule has 4 fully saturated rings. The summed E-state index contributed by atoms with van der Waals surface area (Å²) in [5.74, 6) is 2.89. The minimum absolute atomic E-state index is 0.0192. The predicted molar refractivity (Wildman–Crippen MR) is 66.0 cm³/mol. The zero-order valence-corrected chi connectivity index (χ0v) is 11.2. The first-order chi connectivity index (χ1) is 7.38. The molecule has 4 bridgehead atoms. The Morgan fingerprint density at radius 1 is 1.19 bits per heavy atom. The molecule has 6 atom stereocenters. The lowest BCUT2D eigenvalue weighted by atomic mass is 9.46. The molecule has 0 spiro atoms. The van der Waals surface area contributed by atoms with E-state index in [1.54, 1.807) is 0 Å². The fourth-order valence-corrected chi connectivity index (χ4v) is 5.59. The van der Waals surface area contributed by atoms with Gasteiger partial charge >= 0.3 is 0 Å². The standard InChI is InChI=1S/C15H26O/c1-9(2)10-7-12-14(3)5-6-15(12,4)13(16)11(10)8-14/h9-13,16H,5-8H2,1-4H3/t10-,11+,12+,13+,14-,15-/m1/s1. The molecular weight excluding hydrogens is 196 g/mol. The summed E-state index contributed by atoms with van der Waals surface area (Å²) >= 11 is 0. The van der Waals surface area contributed by atoms with E-state index >= 15 is 0 Å². The van der Waals surface area contributed by atoms with Gasteiger partial charge in [0, 0.05) is 0 Å². The molecule has 4 rings (SSSR count). The smallest absolute Gasteiger partial charge is 0.0627 e. The van der Waals surface area contributed by atoms with Crippen molar-refractivity contribution in [2.75, 3.05) is 0 Å². The first-order valence-electron chi connectivity index (χ1n) is 7.06. The number of aliphatic hydroxyl groups is 1. The Balaban J connectivity index is 1.99. The molecule has 0 unspecified atom stereocenters. The van der Waals surface area contributed by atoms with Crippen LogP contribution in [0.5, 0.6) is 0 Å². The van der Waals surface area contributed by atoms with Crippen molar-refractivity contribution in [3.05, 3.63) is 0 Å². The van der Waals surface area contributed by atoms with Gasteiger partial charge in [0.1, 0.15) is 0 Å². The van der Waals surface area contributed by atoms with Gasteiger partial charge in [0.15, 0.2) is 0 Å². The van der Waals surface area contributed by atoms with Crippen molar-refractivity contribution in [2.45, 2.75) is 59.5 Å². The number of fused-ring (bicyclic) bond motifs is 1. The molecule has 4 aliphatic rings. The molecule has 4 saturated carbocycles. The third-order valence-corrected chi connectivity index (χ3v) is 6.57. The lowest BCUT2D eigenvalue weighted by Crippen LogP contribution is -2.58. The van der Waals surface area contributed by atoms with Crippen LogP contribution < -0.4 is 0 Å². The Morgan fingerprint density at radius 2 is 1.88 bits per heavy atom. The van der Waals surface area contributed by atoms with Crippen LogP contribution in [0, 0.1) is 34.5 Å². The lowest BCUT2D eigenvalue weighted by molar-refractivity contribution is -0.171. The van der Waals surface area contributed by atoms with E-state index in [1.165, 1.54) is 25.7 Å². The zero-order chi connectivity index (χ0) is 11.7. The highest BCUT2D eigenvalue weighted by Crippen LogP contribution is 2.70. The van der Waals surface area contributed by atoms with Crippen molar-refractivity contribution >= 4 is 0 Å². The topological polar surface area (TPSA) is 20.2 Å². The molecule has 0 amide bonds. The summed E-state index contributed by atoms with van der Waals surface area (Å²) in [6.45, 7) is 9.52. The molecule has 0 saturated heterocycles. The minimum atomic E-state index is -0.0192. The first kappa shape index (κ1) is 11.1. The fraction of sp³-hybridized carbons (Fsp3) is 1.00. The zero-order valence-electron chi connectivity index (χ0n) is 11.2. The van der Waals surface area contributed by atoms with Crippen LogP contribution in [0.1, 0.15) is 53.4 Å². The van der Waals surface area contributed by atoms with E-state index in [1.807, 2.05) is 0 Å². The summed E-state index contributed by atoms with van der Waals surface area (Å²) in [5, 5.41) is 10.7. The summed E-state index contributed by atoms with van der Waals surface area (Å²) < 4.78 is 0. The van der Waals surface area contributed by atoms with Gasteiger partial charge < -0.3 is 5.11 Å². The minimum Gasteiger partial charge on any atom is -0.392 e. The SMILES string of the molecule is CC(C)[C@H]1C[C@H]2[C@]3(C)CC[C@@]2(C)[C@@H](O)[C@H]1C3. The van der Waals surface area contributed by atoms with Gasteiger partial charge in [-0.15, -0.1) is 0 Å². The molecule has 0 heterocycles. The lowest BCUT2D eigenvalue weighted by Gasteiger charge is -2.60. The van der Waals surface area contributed by atoms with Crippen LogP contribution in [0.2, 0.25) is 0 Å². The number of aliphatic hydroxyl groups excluding tert-OH is 1. The van der Waals surface area contributed by atoms with Crippen molar-refractivity contribution in [3.8, 4) is 0 Å². The molecule has 1 N–H and O–H groups in total. The molecular formula is C15H26O. The van der Waals surface area contributed by atoms with Crippen LogP contribution in [0.4, 0.5) is 0 Å². The third kappa shape index (κ3) is 1.11. The molecule has 1 heteroatoms. The summed E-state index contributed by atoms with van der Waals surface area (Å²) in [6, 6.07) is 0. The fourth-order valence-electron chi connectivity index (χ4n) is 5.59. The molecule has 0 aromatic rings. The third-order valence-electron chi connectivity index (χ3n) is 6.57. The average Bonchev–Trinajstić information content (AvgIpc) is 2.44. The van der Waals surface area contributed by atoms with Crippen molar-refractivity contribution in [1.82, 2.24) is 0 Å². The monoisotopic (exact) mass is 222 g/mol. The van der Waals surface area contributed by atoms with Gasteiger partial charge in [-0.2, -0.15) is 0 Å². The number of hydrogen-bond donors (Lipinski definition) is 1. The highest BCUT2D eigenvalue weighted by atomic mass is 16.3. The first-order valence-corrected chi connectivity index (χ1v) is 7.06. The summed E-state index contributed by atoms with van der Waals surface area (Å²) in [6.07, 6.45) is 5.27. The Bertz CT molecular complexity index is 311. The second-order valence-electron chi connectivity index (χ2n) is 7.67. The molecule has 1 nitrogen and oxygen atoms in total. The van der Waals surface area contributed by atoms with Gasteiger partial charge in [0.05, 0.1) is 6.10 Å². The van der Waals surface area contributed by atoms with Crippen LogP contribution in [0.15, 0.2) is 0 Å². The van der Waals surface area contributed by atoms with Crippen molar-refractivity contribution in [2.24, 2.45) is 34.5 Å². The van der Waals surface area contributed by atoms with Crippen LogP contribution in [-0.4, -0.2) is 11.2 Å². The van der Waals surface area contributed by atoms with E-state index in [-0.39, 0.29) is 11.5 Å². The van der Waals surface area contributed by atoms with Gasteiger partial charge in [0.25, 0.3) is 0 Å². The van der Waals surface area contributed by atoms with Crippen LogP contribution >= 0.6 is 0 Å². The molecule has 4 aliphatic carbocycles. The van der Waals surface area contributed by atoms with Crippen molar-refractivity contribution < 1.29 is 5.11 Å². The van der Waals surface area contributed by atoms with E-state index < -0.39 is 0 Å². The maximum atomic E-state index is 10.7. The molecule has 0 aromatic heterocycles. The summed E-state index contributed by atoms with van der Waals surface area (Å²) in [5.41, 5.74) is 0.813. The Hall–Kier alpha value is -0.0400. The van der Waals surface area contributed by atoms with E-state index in [9.17, 15) is 5.11 Å². The summed E-state index contributed by atoms with van der Waals surface area (Å²) in [4.78, 5) is 0. The predicted octanol–water partition coefficient (Wildman–Crippen LogP) is 3.47. The molecule has 0 aromatic carbocycles. The normalized spacial score (nSPS) is 59.6. The number of rotatable bonds is 1. The quantitative estimate of drug-likeness (QED) is 0.720. The van der Waals surface area contributed by atoms with E-state index in [0.717, 1.165) is 17.8 Å². The largest absolute Gasteiger partial charge is 0.392 e. The van der Waals surface area contributed by atoms with Gasteiger partial charge in [-0.1, -0.05) is 27.7 Å². The maximum Gasteiger partial charge on any atom is 0.0627 e. The molecule has 0 radical (unpaired) electrons. The van der Waals surface area contributed by atoms with Gasteiger partial charge in [-0.25, -0.2) is 0 Å².